The van der Waals surface area contributed by atoms with Crippen molar-refractivity contribution in [3.63, 3.8) is 0 Å². The molecule has 1 saturated heterocycles. The van der Waals surface area contributed by atoms with Gasteiger partial charge in [-0.05, 0) is 17.0 Å². The van der Waals surface area contributed by atoms with Gasteiger partial charge >= 0.3 is 0 Å². The first-order valence-corrected chi connectivity index (χ1v) is 5.68. The topological polar surface area (TPSA) is 55.1 Å². The maximum Gasteiger partial charge on any atom is 0.230 e. The zero-order chi connectivity index (χ0) is 11.8. The standard InChI is InChI=1S/C13H18N2O.ClH/c1-9(2)10-5-3-4-6-11(10)13(12(14)16)7-15-8-13;/h3-6,9,15H,7-8H2,1-2H3,(H2,14,16);1H. The molecule has 3 nitrogen and oxygen atoms in total. The second kappa shape index (κ2) is 5.07. The van der Waals surface area contributed by atoms with Crippen molar-refractivity contribution < 1.29 is 4.79 Å². The van der Waals surface area contributed by atoms with Gasteiger partial charge in [0.05, 0.1) is 5.41 Å². The highest BCUT2D eigenvalue weighted by Crippen LogP contribution is 2.34. The third kappa shape index (κ3) is 2.17. The molecule has 0 saturated carbocycles. The predicted molar refractivity (Wildman–Crippen MR) is 71.5 cm³/mol. The summed E-state index contributed by atoms with van der Waals surface area (Å²) in [6, 6.07) is 8.10. The molecule has 94 valence electrons. The highest BCUT2D eigenvalue weighted by Gasteiger charge is 2.45. The summed E-state index contributed by atoms with van der Waals surface area (Å²) in [5, 5.41) is 3.15. The molecule has 1 aliphatic rings. The van der Waals surface area contributed by atoms with E-state index in [1.165, 1.54) is 5.56 Å². The van der Waals surface area contributed by atoms with Gasteiger partial charge in [0.2, 0.25) is 5.91 Å². The summed E-state index contributed by atoms with van der Waals surface area (Å²) in [4.78, 5) is 11.7. The number of benzene rings is 1. The molecule has 0 bridgehead atoms. The van der Waals surface area contributed by atoms with Gasteiger partial charge in [0.1, 0.15) is 0 Å². The average Bonchev–Trinajstić information content (AvgIpc) is 2.15. The summed E-state index contributed by atoms with van der Waals surface area (Å²) in [6.07, 6.45) is 0. The van der Waals surface area contributed by atoms with E-state index in [1.807, 2.05) is 18.2 Å². The second-order valence-electron chi connectivity index (χ2n) is 4.79. The van der Waals surface area contributed by atoms with E-state index in [4.69, 9.17) is 5.73 Å². The van der Waals surface area contributed by atoms with E-state index in [2.05, 4.69) is 25.2 Å². The minimum atomic E-state index is -0.485. The predicted octanol–water partition coefficient (Wildman–Crippen LogP) is 1.56. The lowest BCUT2D eigenvalue weighted by Crippen LogP contribution is -2.64. The molecule has 0 atom stereocenters. The Hall–Kier alpha value is -1.06. The van der Waals surface area contributed by atoms with Gasteiger partial charge in [0.15, 0.2) is 0 Å². The fourth-order valence-electron chi connectivity index (χ4n) is 2.31. The highest BCUT2D eigenvalue weighted by molar-refractivity contribution is 5.89. The number of amides is 1. The highest BCUT2D eigenvalue weighted by atomic mass is 35.5. The fraction of sp³-hybridized carbons (Fsp3) is 0.462. The maximum atomic E-state index is 11.7. The lowest BCUT2D eigenvalue weighted by atomic mass is 9.71. The normalized spacial score (nSPS) is 17.1. The van der Waals surface area contributed by atoms with E-state index in [1.54, 1.807) is 0 Å². The van der Waals surface area contributed by atoms with Crippen LogP contribution >= 0.6 is 12.4 Å². The molecular formula is C13H19ClN2O. The molecule has 17 heavy (non-hydrogen) atoms. The number of halogens is 1. The molecule has 3 N–H and O–H groups in total. The van der Waals surface area contributed by atoms with E-state index in [0.717, 1.165) is 5.56 Å². The number of hydrogen-bond acceptors (Lipinski definition) is 2. The summed E-state index contributed by atoms with van der Waals surface area (Å²) in [7, 11) is 0. The third-order valence-electron chi connectivity index (χ3n) is 3.42. The van der Waals surface area contributed by atoms with Crippen LogP contribution in [0.15, 0.2) is 24.3 Å². The van der Waals surface area contributed by atoms with Crippen molar-refractivity contribution in [2.45, 2.75) is 25.2 Å². The van der Waals surface area contributed by atoms with E-state index in [9.17, 15) is 4.79 Å². The average molecular weight is 255 g/mol. The van der Waals surface area contributed by atoms with Crippen LogP contribution in [0.4, 0.5) is 0 Å². The van der Waals surface area contributed by atoms with Crippen molar-refractivity contribution in [3.8, 4) is 0 Å². The monoisotopic (exact) mass is 254 g/mol. The third-order valence-corrected chi connectivity index (χ3v) is 3.42. The summed E-state index contributed by atoms with van der Waals surface area (Å²) in [5.41, 5.74) is 7.39. The van der Waals surface area contributed by atoms with Crippen molar-refractivity contribution in [2.24, 2.45) is 5.73 Å². The number of rotatable bonds is 3. The molecule has 4 heteroatoms. The molecule has 0 unspecified atom stereocenters. The van der Waals surface area contributed by atoms with Crippen LogP contribution in [0.25, 0.3) is 0 Å². The second-order valence-corrected chi connectivity index (χ2v) is 4.79. The van der Waals surface area contributed by atoms with Gasteiger partial charge in [-0.3, -0.25) is 4.79 Å². The molecule has 1 heterocycles. The van der Waals surface area contributed by atoms with Crippen LogP contribution in [0.1, 0.15) is 30.9 Å². The first-order chi connectivity index (χ1) is 7.58. The fourth-order valence-corrected chi connectivity index (χ4v) is 2.31. The Morgan fingerprint density at radius 2 is 1.94 bits per heavy atom. The molecule has 1 aromatic rings. The van der Waals surface area contributed by atoms with Gasteiger partial charge in [0, 0.05) is 13.1 Å². The van der Waals surface area contributed by atoms with Gasteiger partial charge < -0.3 is 11.1 Å². The number of nitrogens with one attached hydrogen (secondary N) is 1. The van der Waals surface area contributed by atoms with Gasteiger partial charge in [-0.15, -0.1) is 12.4 Å². The minimum Gasteiger partial charge on any atom is -0.369 e. The molecule has 0 radical (unpaired) electrons. The quantitative estimate of drug-likeness (QED) is 0.860. The smallest absolute Gasteiger partial charge is 0.230 e. The summed E-state index contributed by atoms with van der Waals surface area (Å²) < 4.78 is 0. The number of hydrogen-bond donors (Lipinski definition) is 2. The van der Waals surface area contributed by atoms with Crippen LogP contribution in [-0.4, -0.2) is 19.0 Å². The molecule has 1 fully saturated rings. The number of carbonyl (C=O) groups excluding carboxylic acids is 1. The maximum absolute atomic E-state index is 11.7. The summed E-state index contributed by atoms with van der Waals surface area (Å²) in [5.74, 6) is 0.187. The largest absolute Gasteiger partial charge is 0.369 e. The Morgan fingerprint density at radius 1 is 1.35 bits per heavy atom. The Labute approximate surface area is 108 Å². The number of nitrogens with two attached hydrogens (primary N) is 1. The summed E-state index contributed by atoms with van der Waals surface area (Å²) >= 11 is 0. The van der Waals surface area contributed by atoms with Crippen molar-refractivity contribution in [3.05, 3.63) is 35.4 Å². The first kappa shape index (κ1) is 14.0. The lowest BCUT2D eigenvalue weighted by Gasteiger charge is -2.41. The Bertz CT molecular complexity index is 414. The van der Waals surface area contributed by atoms with Gasteiger partial charge in [-0.2, -0.15) is 0 Å². The zero-order valence-corrected chi connectivity index (χ0v) is 11.0. The van der Waals surface area contributed by atoms with Crippen LogP contribution in [0.5, 0.6) is 0 Å². The van der Waals surface area contributed by atoms with Crippen LogP contribution in [0, 0.1) is 0 Å². The molecule has 0 aromatic heterocycles. The van der Waals surface area contributed by atoms with Crippen molar-refractivity contribution in [1.82, 2.24) is 5.32 Å². The molecule has 0 spiro atoms. The Balaban J connectivity index is 0.00000144. The number of carbonyl (C=O) groups is 1. The van der Waals surface area contributed by atoms with E-state index in [0.29, 0.717) is 19.0 Å². The van der Waals surface area contributed by atoms with Crippen LogP contribution in [0.2, 0.25) is 0 Å². The number of primary amides is 1. The van der Waals surface area contributed by atoms with Crippen molar-refractivity contribution in [1.29, 1.82) is 0 Å². The van der Waals surface area contributed by atoms with Crippen molar-refractivity contribution >= 4 is 18.3 Å². The summed E-state index contributed by atoms with van der Waals surface area (Å²) in [6.45, 7) is 5.59. The molecular weight excluding hydrogens is 236 g/mol. The zero-order valence-electron chi connectivity index (χ0n) is 10.2. The van der Waals surface area contributed by atoms with Crippen LogP contribution < -0.4 is 11.1 Å². The van der Waals surface area contributed by atoms with Crippen molar-refractivity contribution in [2.75, 3.05) is 13.1 Å². The van der Waals surface area contributed by atoms with Gasteiger partial charge in [0.25, 0.3) is 0 Å². The molecule has 2 rings (SSSR count). The molecule has 1 aliphatic heterocycles. The molecule has 1 amide bonds. The Kier molecular flexibility index (Phi) is 4.17. The van der Waals surface area contributed by atoms with Gasteiger partial charge in [-0.1, -0.05) is 38.1 Å². The van der Waals surface area contributed by atoms with Crippen LogP contribution in [0.3, 0.4) is 0 Å². The first-order valence-electron chi connectivity index (χ1n) is 5.68. The van der Waals surface area contributed by atoms with E-state index >= 15 is 0 Å². The van der Waals surface area contributed by atoms with E-state index in [-0.39, 0.29) is 18.3 Å². The minimum absolute atomic E-state index is 0. The van der Waals surface area contributed by atoms with E-state index < -0.39 is 5.41 Å². The Morgan fingerprint density at radius 3 is 2.35 bits per heavy atom. The lowest BCUT2D eigenvalue weighted by molar-refractivity contribution is -0.125. The molecule has 0 aliphatic carbocycles. The van der Waals surface area contributed by atoms with Gasteiger partial charge in [-0.25, -0.2) is 0 Å². The van der Waals surface area contributed by atoms with Crippen LogP contribution in [-0.2, 0) is 10.2 Å². The molecule has 1 aromatic carbocycles. The SMILES string of the molecule is CC(C)c1ccccc1C1(C(N)=O)CNC1.Cl.